The smallest absolute Gasteiger partial charge is 0.348 e. The molecule has 0 spiro atoms. The van der Waals surface area contributed by atoms with Crippen LogP contribution in [0.25, 0.3) is 5.69 Å². The van der Waals surface area contributed by atoms with Crippen molar-refractivity contribution in [2.45, 2.75) is 39.0 Å². The minimum atomic E-state index is -4.67. The van der Waals surface area contributed by atoms with Gasteiger partial charge >= 0.3 is 11.9 Å². The second-order valence-corrected chi connectivity index (χ2v) is 8.32. The monoisotopic (exact) mass is 513 g/mol. The van der Waals surface area contributed by atoms with Gasteiger partial charge in [0.15, 0.2) is 0 Å². The number of unbranched alkanes of at least 4 members (excludes halogenated alkanes) is 1. The normalized spacial score (nSPS) is 11.5. The Balaban J connectivity index is 2.06. The van der Waals surface area contributed by atoms with Gasteiger partial charge in [0.25, 0.3) is 11.5 Å². The van der Waals surface area contributed by atoms with E-state index < -0.39 is 34.5 Å². The van der Waals surface area contributed by atoms with Crippen molar-refractivity contribution in [1.29, 1.82) is 0 Å². The van der Waals surface area contributed by atoms with Gasteiger partial charge in [0.1, 0.15) is 5.56 Å². The highest BCUT2D eigenvalue weighted by molar-refractivity contribution is 6.35. The van der Waals surface area contributed by atoms with E-state index in [1.54, 1.807) is 12.1 Å². The molecule has 0 bridgehead atoms. The van der Waals surface area contributed by atoms with Crippen molar-refractivity contribution in [1.82, 2.24) is 14.5 Å². The number of aryl methyl sites for hydroxylation is 1. The molecule has 0 fully saturated rings. The molecule has 3 aromatic rings. The molecule has 0 aliphatic carbocycles. The van der Waals surface area contributed by atoms with Gasteiger partial charge in [-0.25, -0.2) is 9.36 Å². The van der Waals surface area contributed by atoms with Gasteiger partial charge in [0.05, 0.1) is 11.3 Å². The molecule has 11 heteroatoms. The molecule has 0 saturated carbocycles. The predicted octanol–water partition coefficient (Wildman–Crippen LogP) is 5.05. The summed E-state index contributed by atoms with van der Waals surface area (Å²) in [6.07, 6.45) is -2.27. The summed E-state index contributed by atoms with van der Waals surface area (Å²) in [7, 11) is 0. The Bertz CT molecular complexity index is 1330. The lowest BCUT2D eigenvalue weighted by Crippen LogP contribution is -2.43. The van der Waals surface area contributed by atoms with E-state index in [9.17, 15) is 27.6 Å². The van der Waals surface area contributed by atoms with Crippen LogP contribution in [0.2, 0.25) is 10.0 Å². The second-order valence-electron chi connectivity index (χ2n) is 7.48. The Morgan fingerprint density at radius 1 is 1.09 bits per heavy atom. The van der Waals surface area contributed by atoms with Crippen molar-refractivity contribution in [2.75, 3.05) is 0 Å². The van der Waals surface area contributed by atoms with Crippen molar-refractivity contribution in [2.24, 2.45) is 0 Å². The molecular formula is C23H20Cl2F3N3O3. The lowest BCUT2D eigenvalue weighted by molar-refractivity contribution is -0.137. The first-order valence-electron chi connectivity index (χ1n) is 10.3. The summed E-state index contributed by atoms with van der Waals surface area (Å²) in [6, 6.07) is 8.51. The van der Waals surface area contributed by atoms with Crippen LogP contribution < -0.4 is 16.6 Å². The van der Waals surface area contributed by atoms with E-state index in [4.69, 9.17) is 23.2 Å². The van der Waals surface area contributed by atoms with Crippen molar-refractivity contribution >= 4 is 29.1 Å². The second kappa shape index (κ2) is 10.5. The highest BCUT2D eigenvalue weighted by Gasteiger charge is 2.31. The highest BCUT2D eigenvalue weighted by atomic mass is 35.5. The zero-order valence-corrected chi connectivity index (χ0v) is 19.5. The zero-order chi connectivity index (χ0) is 25.0. The van der Waals surface area contributed by atoms with Gasteiger partial charge in [-0.05, 0) is 42.3 Å². The van der Waals surface area contributed by atoms with E-state index in [1.165, 1.54) is 12.1 Å². The summed E-state index contributed by atoms with van der Waals surface area (Å²) in [5, 5.41) is 3.28. The third-order valence-electron chi connectivity index (χ3n) is 5.04. The summed E-state index contributed by atoms with van der Waals surface area (Å²) >= 11 is 12.0. The number of rotatable bonds is 7. The molecule has 0 radical (unpaired) electrons. The molecule has 1 heterocycles. The summed E-state index contributed by atoms with van der Waals surface area (Å²) in [4.78, 5) is 39.0. The number of alkyl halides is 3. The number of hydrogen-bond acceptors (Lipinski definition) is 3. The number of carbonyl (C=O) groups excluding carboxylic acids is 1. The van der Waals surface area contributed by atoms with Crippen LogP contribution in [-0.4, -0.2) is 15.0 Å². The third-order valence-corrected chi connectivity index (χ3v) is 5.63. The number of amides is 1. The van der Waals surface area contributed by atoms with Gasteiger partial charge < -0.3 is 5.32 Å². The first kappa shape index (κ1) is 25.6. The minimum absolute atomic E-state index is 0.0358. The summed E-state index contributed by atoms with van der Waals surface area (Å²) in [6.45, 7) is 2.03. The maximum Gasteiger partial charge on any atom is 0.416 e. The van der Waals surface area contributed by atoms with Gasteiger partial charge in [-0.3, -0.25) is 14.2 Å². The van der Waals surface area contributed by atoms with E-state index >= 15 is 0 Å². The van der Waals surface area contributed by atoms with Crippen LogP contribution in [0.4, 0.5) is 13.2 Å². The van der Waals surface area contributed by atoms with E-state index in [-0.39, 0.29) is 18.8 Å². The lowest BCUT2D eigenvalue weighted by Gasteiger charge is -2.15. The maximum atomic E-state index is 13.2. The van der Waals surface area contributed by atoms with Crippen molar-refractivity contribution in [3.8, 4) is 5.69 Å². The standard InChI is InChI=1S/C23H20Cl2F3N3O3/c1-2-3-9-30-13-18(20(32)29-12-14-7-8-16(24)11-19(14)25)21(33)31(22(30)34)17-6-4-5-15(10-17)23(26,27)28/h4-8,10-11,13H,2-3,9,12H2,1H3,(H,29,32). The summed E-state index contributed by atoms with van der Waals surface area (Å²) < 4.78 is 41.3. The molecule has 1 aromatic heterocycles. The van der Waals surface area contributed by atoms with Crippen LogP contribution in [0.15, 0.2) is 58.3 Å². The molecule has 180 valence electrons. The molecule has 0 atom stereocenters. The average molecular weight is 514 g/mol. The van der Waals surface area contributed by atoms with Gasteiger partial charge in [-0.15, -0.1) is 0 Å². The van der Waals surface area contributed by atoms with Crippen LogP contribution in [0.1, 0.15) is 41.3 Å². The summed E-state index contributed by atoms with van der Waals surface area (Å²) in [5.41, 5.74) is -3.03. The fourth-order valence-corrected chi connectivity index (χ4v) is 3.71. The molecule has 6 nitrogen and oxygen atoms in total. The first-order valence-corrected chi connectivity index (χ1v) is 11.0. The number of halogens is 5. The van der Waals surface area contributed by atoms with Crippen LogP contribution in [-0.2, 0) is 19.3 Å². The van der Waals surface area contributed by atoms with E-state index in [2.05, 4.69) is 5.32 Å². The molecular weight excluding hydrogens is 494 g/mol. The Kier molecular flexibility index (Phi) is 7.89. The van der Waals surface area contributed by atoms with E-state index in [1.807, 2.05) is 6.92 Å². The van der Waals surface area contributed by atoms with Crippen LogP contribution >= 0.6 is 23.2 Å². The van der Waals surface area contributed by atoms with Crippen molar-refractivity contribution in [3.05, 3.63) is 96.2 Å². The fraction of sp³-hybridized carbons (Fsp3) is 0.261. The number of benzene rings is 2. The molecule has 34 heavy (non-hydrogen) atoms. The topological polar surface area (TPSA) is 73.1 Å². The maximum absolute atomic E-state index is 13.2. The highest BCUT2D eigenvalue weighted by Crippen LogP contribution is 2.30. The number of nitrogens with one attached hydrogen (secondary N) is 1. The predicted molar refractivity (Wildman–Crippen MR) is 124 cm³/mol. The number of carbonyl (C=O) groups is 1. The molecule has 1 N–H and O–H groups in total. The lowest BCUT2D eigenvalue weighted by atomic mass is 10.2. The Hall–Kier alpha value is -3.04. The fourth-order valence-electron chi connectivity index (χ4n) is 3.23. The van der Waals surface area contributed by atoms with Crippen molar-refractivity contribution in [3.63, 3.8) is 0 Å². The molecule has 0 saturated heterocycles. The number of hydrogen-bond donors (Lipinski definition) is 1. The molecule has 0 aliphatic rings. The Morgan fingerprint density at radius 2 is 1.82 bits per heavy atom. The number of nitrogens with zero attached hydrogens (tertiary/aromatic N) is 2. The van der Waals surface area contributed by atoms with Crippen LogP contribution in [0.3, 0.4) is 0 Å². The van der Waals surface area contributed by atoms with Crippen LogP contribution in [0, 0.1) is 0 Å². The largest absolute Gasteiger partial charge is 0.416 e. The van der Waals surface area contributed by atoms with E-state index in [0.29, 0.717) is 39.1 Å². The van der Waals surface area contributed by atoms with Gasteiger partial charge in [0.2, 0.25) is 0 Å². The van der Waals surface area contributed by atoms with Gasteiger partial charge in [-0.1, -0.05) is 48.7 Å². The molecule has 0 aliphatic heterocycles. The van der Waals surface area contributed by atoms with Gasteiger partial charge in [-0.2, -0.15) is 13.2 Å². The van der Waals surface area contributed by atoms with Crippen molar-refractivity contribution < 1.29 is 18.0 Å². The minimum Gasteiger partial charge on any atom is -0.348 e. The zero-order valence-electron chi connectivity index (χ0n) is 18.0. The molecule has 2 aromatic carbocycles. The SMILES string of the molecule is CCCCn1cc(C(=O)NCc2ccc(Cl)cc2Cl)c(=O)n(-c2cccc(C(F)(F)F)c2)c1=O. The molecule has 1 amide bonds. The molecule has 3 rings (SSSR count). The Morgan fingerprint density at radius 3 is 2.47 bits per heavy atom. The molecule has 0 unspecified atom stereocenters. The summed E-state index contributed by atoms with van der Waals surface area (Å²) in [5.74, 6) is -0.804. The third kappa shape index (κ3) is 5.71. The Labute approximate surface area is 202 Å². The first-order chi connectivity index (χ1) is 16.0. The quantitative estimate of drug-likeness (QED) is 0.480. The van der Waals surface area contributed by atoms with E-state index in [0.717, 1.165) is 22.9 Å². The van der Waals surface area contributed by atoms with Crippen LogP contribution in [0.5, 0.6) is 0 Å². The van der Waals surface area contributed by atoms with Gasteiger partial charge in [0, 0.05) is 29.3 Å². The number of aromatic nitrogens is 2. The average Bonchev–Trinajstić information content (AvgIpc) is 2.77.